The predicted molar refractivity (Wildman–Crippen MR) is 54.0 cm³/mol. The van der Waals surface area contributed by atoms with Crippen molar-refractivity contribution in [1.82, 2.24) is 10.3 Å². The highest BCUT2D eigenvalue weighted by Gasteiger charge is 2.36. The SMILES string of the molecule is CNCc1sc(C(F)(F)F)nc1C(C)C. The van der Waals surface area contributed by atoms with Crippen LogP contribution in [0.1, 0.15) is 35.3 Å². The Balaban J connectivity index is 3.09. The second-order valence-corrected chi connectivity index (χ2v) is 4.59. The van der Waals surface area contributed by atoms with E-state index in [0.29, 0.717) is 17.1 Å². The minimum absolute atomic E-state index is 0.0145. The number of halogens is 3. The van der Waals surface area contributed by atoms with E-state index in [1.807, 2.05) is 13.8 Å². The molecule has 0 saturated carbocycles. The van der Waals surface area contributed by atoms with E-state index < -0.39 is 11.2 Å². The molecule has 1 aromatic rings. The molecule has 1 rings (SSSR count). The molecule has 1 aromatic heterocycles. The molecule has 0 fully saturated rings. The van der Waals surface area contributed by atoms with Crippen LogP contribution in [0.15, 0.2) is 0 Å². The van der Waals surface area contributed by atoms with Gasteiger partial charge in [-0.2, -0.15) is 13.2 Å². The number of hydrogen-bond donors (Lipinski definition) is 1. The van der Waals surface area contributed by atoms with Gasteiger partial charge in [-0.1, -0.05) is 13.8 Å². The fourth-order valence-corrected chi connectivity index (χ4v) is 2.32. The van der Waals surface area contributed by atoms with E-state index in [-0.39, 0.29) is 5.92 Å². The Morgan fingerprint density at radius 3 is 2.40 bits per heavy atom. The third-order valence-corrected chi connectivity index (χ3v) is 2.97. The van der Waals surface area contributed by atoms with E-state index >= 15 is 0 Å². The summed E-state index contributed by atoms with van der Waals surface area (Å²) >= 11 is 0.721. The van der Waals surface area contributed by atoms with E-state index in [0.717, 1.165) is 11.3 Å². The number of hydrogen-bond acceptors (Lipinski definition) is 3. The van der Waals surface area contributed by atoms with Crippen LogP contribution in [-0.2, 0) is 12.7 Å². The Morgan fingerprint density at radius 2 is 2.00 bits per heavy atom. The lowest BCUT2D eigenvalue weighted by molar-refractivity contribution is -0.137. The maximum Gasteiger partial charge on any atom is 0.443 e. The van der Waals surface area contributed by atoms with Crippen LogP contribution in [0.5, 0.6) is 0 Å². The molecule has 0 spiro atoms. The van der Waals surface area contributed by atoms with Crippen LogP contribution in [0.25, 0.3) is 0 Å². The third-order valence-electron chi connectivity index (χ3n) is 1.85. The standard InChI is InChI=1S/C9H13F3N2S/c1-5(2)7-6(4-13-3)15-8(14-7)9(10,11)12/h5,13H,4H2,1-3H3. The molecule has 6 heteroatoms. The van der Waals surface area contributed by atoms with Gasteiger partial charge in [-0.05, 0) is 13.0 Å². The molecule has 0 aromatic carbocycles. The lowest BCUT2D eigenvalue weighted by Crippen LogP contribution is -2.06. The molecule has 0 unspecified atom stereocenters. The average Bonchev–Trinajstić information content (AvgIpc) is 2.48. The highest BCUT2D eigenvalue weighted by Crippen LogP contribution is 2.36. The van der Waals surface area contributed by atoms with Gasteiger partial charge in [-0.25, -0.2) is 4.98 Å². The van der Waals surface area contributed by atoms with Crippen LogP contribution in [0, 0.1) is 0 Å². The summed E-state index contributed by atoms with van der Waals surface area (Å²) in [6.45, 7) is 4.12. The number of nitrogens with one attached hydrogen (secondary N) is 1. The Bertz CT molecular complexity index is 331. The van der Waals surface area contributed by atoms with Gasteiger partial charge in [-0.3, -0.25) is 0 Å². The van der Waals surface area contributed by atoms with Crippen molar-refractivity contribution in [3.8, 4) is 0 Å². The first-order chi connectivity index (χ1) is 6.86. The molecule has 2 nitrogen and oxygen atoms in total. The van der Waals surface area contributed by atoms with Gasteiger partial charge >= 0.3 is 6.18 Å². The van der Waals surface area contributed by atoms with E-state index in [1.54, 1.807) is 7.05 Å². The minimum atomic E-state index is -4.33. The van der Waals surface area contributed by atoms with E-state index in [1.165, 1.54) is 0 Å². The fourth-order valence-electron chi connectivity index (χ4n) is 1.22. The number of aromatic nitrogens is 1. The van der Waals surface area contributed by atoms with Crippen molar-refractivity contribution in [1.29, 1.82) is 0 Å². The maximum atomic E-state index is 12.4. The average molecular weight is 238 g/mol. The van der Waals surface area contributed by atoms with E-state index in [2.05, 4.69) is 10.3 Å². The molecule has 15 heavy (non-hydrogen) atoms. The number of alkyl halides is 3. The minimum Gasteiger partial charge on any atom is -0.315 e. The Morgan fingerprint density at radius 1 is 1.40 bits per heavy atom. The van der Waals surface area contributed by atoms with Gasteiger partial charge in [0.1, 0.15) is 0 Å². The van der Waals surface area contributed by atoms with Crippen molar-refractivity contribution in [2.75, 3.05) is 7.05 Å². The zero-order valence-corrected chi connectivity index (χ0v) is 9.59. The zero-order valence-electron chi connectivity index (χ0n) is 8.77. The molecule has 0 saturated heterocycles. The second kappa shape index (κ2) is 4.49. The van der Waals surface area contributed by atoms with Crippen molar-refractivity contribution in [3.05, 3.63) is 15.6 Å². The Labute approximate surface area is 90.5 Å². The molecule has 0 bridgehead atoms. The third kappa shape index (κ3) is 2.92. The molecule has 0 radical (unpaired) electrons. The molecule has 0 atom stereocenters. The number of nitrogens with zero attached hydrogens (tertiary/aromatic N) is 1. The Kier molecular flexibility index (Phi) is 3.72. The van der Waals surface area contributed by atoms with Crippen molar-refractivity contribution < 1.29 is 13.2 Å². The van der Waals surface area contributed by atoms with Gasteiger partial charge in [0.25, 0.3) is 0 Å². The van der Waals surface area contributed by atoms with Gasteiger partial charge < -0.3 is 5.32 Å². The summed E-state index contributed by atoms with van der Waals surface area (Å²) in [7, 11) is 1.71. The summed E-state index contributed by atoms with van der Waals surface area (Å²) in [5.74, 6) is 0.0145. The first-order valence-electron chi connectivity index (χ1n) is 4.57. The molecule has 0 aliphatic carbocycles. The van der Waals surface area contributed by atoms with E-state index in [9.17, 15) is 13.2 Å². The zero-order chi connectivity index (χ0) is 11.6. The van der Waals surface area contributed by atoms with Crippen molar-refractivity contribution in [2.45, 2.75) is 32.5 Å². The molecule has 86 valence electrons. The maximum absolute atomic E-state index is 12.4. The van der Waals surface area contributed by atoms with Crippen LogP contribution in [0.3, 0.4) is 0 Å². The molecule has 1 heterocycles. The highest BCUT2D eigenvalue weighted by molar-refractivity contribution is 7.11. The second-order valence-electron chi connectivity index (χ2n) is 3.51. The Hall–Kier alpha value is -0.620. The first-order valence-corrected chi connectivity index (χ1v) is 5.39. The molecule has 0 amide bonds. The van der Waals surface area contributed by atoms with Gasteiger partial charge in [0, 0.05) is 11.4 Å². The van der Waals surface area contributed by atoms with Gasteiger partial charge in [0.15, 0.2) is 5.01 Å². The molecular weight excluding hydrogens is 225 g/mol. The van der Waals surface area contributed by atoms with Gasteiger partial charge in [-0.15, -0.1) is 11.3 Å². The van der Waals surface area contributed by atoms with Crippen molar-refractivity contribution >= 4 is 11.3 Å². The summed E-state index contributed by atoms with van der Waals surface area (Å²) in [6.07, 6.45) is -4.33. The monoisotopic (exact) mass is 238 g/mol. The molecule has 0 aliphatic rings. The number of thiazole rings is 1. The lowest BCUT2D eigenvalue weighted by Gasteiger charge is -2.03. The largest absolute Gasteiger partial charge is 0.443 e. The van der Waals surface area contributed by atoms with Crippen LogP contribution in [0.2, 0.25) is 0 Å². The van der Waals surface area contributed by atoms with Crippen LogP contribution >= 0.6 is 11.3 Å². The van der Waals surface area contributed by atoms with Crippen LogP contribution in [-0.4, -0.2) is 12.0 Å². The smallest absolute Gasteiger partial charge is 0.315 e. The molecule has 1 N–H and O–H groups in total. The topological polar surface area (TPSA) is 24.9 Å². The predicted octanol–water partition coefficient (Wildman–Crippen LogP) is 3.00. The van der Waals surface area contributed by atoms with Gasteiger partial charge in [0.05, 0.1) is 5.69 Å². The summed E-state index contributed by atoms with van der Waals surface area (Å²) in [5.41, 5.74) is 0.543. The summed E-state index contributed by atoms with van der Waals surface area (Å²) in [5, 5.41) is 2.09. The van der Waals surface area contributed by atoms with E-state index in [4.69, 9.17) is 0 Å². The summed E-state index contributed by atoms with van der Waals surface area (Å²) < 4.78 is 37.2. The lowest BCUT2D eigenvalue weighted by atomic mass is 10.1. The normalized spacial score (nSPS) is 12.5. The first kappa shape index (κ1) is 12.4. The van der Waals surface area contributed by atoms with Gasteiger partial charge in [0.2, 0.25) is 0 Å². The summed E-state index contributed by atoms with van der Waals surface area (Å²) in [6, 6.07) is 0. The molecular formula is C9H13F3N2S. The fraction of sp³-hybridized carbons (Fsp3) is 0.667. The van der Waals surface area contributed by atoms with Crippen LogP contribution in [0.4, 0.5) is 13.2 Å². The number of rotatable bonds is 3. The van der Waals surface area contributed by atoms with Crippen LogP contribution < -0.4 is 5.32 Å². The summed E-state index contributed by atoms with van der Waals surface area (Å²) in [4.78, 5) is 4.32. The van der Waals surface area contributed by atoms with Crippen molar-refractivity contribution in [2.24, 2.45) is 0 Å². The molecule has 0 aliphatic heterocycles. The highest BCUT2D eigenvalue weighted by atomic mass is 32.1. The quantitative estimate of drug-likeness (QED) is 0.875. The van der Waals surface area contributed by atoms with Crippen molar-refractivity contribution in [3.63, 3.8) is 0 Å².